The van der Waals surface area contributed by atoms with E-state index in [1.54, 1.807) is 6.07 Å². The Morgan fingerprint density at radius 2 is 1.81 bits per heavy atom. The summed E-state index contributed by atoms with van der Waals surface area (Å²) in [6.45, 7) is 0. The SMILES string of the molecule is N#CC1=C(C(=O)Nc2ccc(-c3ccccc3F)c(F)c2)[C@@H]2CC[C@@H]1O2. The molecule has 1 fully saturated rings. The number of carbonyl (C=O) groups is 1. The largest absolute Gasteiger partial charge is 0.365 e. The Morgan fingerprint density at radius 1 is 1.08 bits per heavy atom. The first kappa shape index (κ1) is 16.4. The van der Waals surface area contributed by atoms with Gasteiger partial charge in [-0.3, -0.25) is 4.79 Å². The lowest BCUT2D eigenvalue weighted by Gasteiger charge is -2.13. The Bertz CT molecular complexity index is 978. The van der Waals surface area contributed by atoms with Gasteiger partial charge in [0.1, 0.15) is 11.6 Å². The minimum Gasteiger partial charge on any atom is -0.365 e. The average molecular weight is 352 g/mol. The highest BCUT2D eigenvalue weighted by atomic mass is 19.1. The zero-order chi connectivity index (χ0) is 18.3. The van der Waals surface area contributed by atoms with Crippen LogP contribution >= 0.6 is 0 Å². The van der Waals surface area contributed by atoms with Gasteiger partial charge in [-0.05, 0) is 37.1 Å². The Kier molecular flexibility index (Phi) is 4.02. The third kappa shape index (κ3) is 2.67. The summed E-state index contributed by atoms with van der Waals surface area (Å²) >= 11 is 0. The maximum absolute atomic E-state index is 14.4. The van der Waals surface area contributed by atoms with Crippen molar-refractivity contribution < 1.29 is 18.3 Å². The van der Waals surface area contributed by atoms with Crippen molar-refractivity contribution in [3.05, 3.63) is 65.2 Å². The van der Waals surface area contributed by atoms with Gasteiger partial charge in [0.15, 0.2) is 0 Å². The molecular weight excluding hydrogens is 338 g/mol. The molecule has 0 aliphatic carbocycles. The summed E-state index contributed by atoms with van der Waals surface area (Å²) in [6.07, 6.45) is 0.735. The van der Waals surface area contributed by atoms with E-state index in [1.165, 1.54) is 30.3 Å². The number of benzene rings is 2. The van der Waals surface area contributed by atoms with Crippen LogP contribution in [0.5, 0.6) is 0 Å². The molecule has 26 heavy (non-hydrogen) atoms. The summed E-state index contributed by atoms with van der Waals surface area (Å²) < 4.78 is 33.9. The quantitative estimate of drug-likeness (QED) is 0.910. The molecule has 2 aliphatic heterocycles. The third-order valence-corrected chi connectivity index (χ3v) is 4.71. The molecule has 0 spiro atoms. The van der Waals surface area contributed by atoms with Crippen molar-refractivity contribution in [2.24, 2.45) is 0 Å². The van der Waals surface area contributed by atoms with Crippen molar-refractivity contribution in [3.63, 3.8) is 0 Å². The van der Waals surface area contributed by atoms with E-state index in [0.29, 0.717) is 17.6 Å². The number of halogens is 2. The minimum atomic E-state index is -0.647. The van der Waals surface area contributed by atoms with Gasteiger partial charge in [-0.2, -0.15) is 5.26 Å². The number of nitriles is 1. The number of rotatable bonds is 3. The number of nitrogens with one attached hydrogen (secondary N) is 1. The Hall–Kier alpha value is -3.04. The fourth-order valence-electron chi connectivity index (χ4n) is 3.50. The monoisotopic (exact) mass is 352 g/mol. The molecule has 6 heteroatoms. The molecule has 1 amide bonds. The van der Waals surface area contributed by atoms with Gasteiger partial charge in [0.05, 0.1) is 29.4 Å². The van der Waals surface area contributed by atoms with Gasteiger partial charge in [-0.1, -0.05) is 18.2 Å². The third-order valence-electron chi connectivity index (χ3n) is 4.71. The van der Waals surface area contributed by atoms with Crippen molar-refractivity contribution >= 4 is 11.6 Å². The highest BCUT2D eigenvalue weighted by Crippen LogP contribution is 2.39. The number of fused-ring (bicyclic) bond motifs is 2. The van der Waals surface area contributed by atoms with E-state index in [9.17, 15) is 18.8 Å². The topological polar surface area (TPSA) is 62.1 Å². The standard InChI is InChI=1S/C20H14F2N2O2/c21-15-4-2-1-3-12(15)13-6-5-11(9-16(13)22)24-20(25)19-14(10-23)17-7-8-18(19)26-17/h1-6,9,17-18H,7-8H2,(H,24,25)/t17-,18-/m0/s1. The number of amides is 1. The van der Waals surface area contributed by atoms with Gasteiger partial charge in [-0.15, -0.1) is 0 Å². The van der Waals surface area contributed by atoms with Crippen LogP contribution < -0.4 is 5.32 Å². The van der Waals surface area contributed by atoms with E-state index in [4.69, 9.17) is 4.74 Å². The molecule has 4 nitrogen and oxygen atoms in total. The summed E-state index contributed by atoms with van der Waals surface area (Å²) in [6, 6.07) is 12.0. The second kappa shape index (κ2) is 6.36. The van der Waals surface area contributed by atoms with Gasteiger partial charge in [0, 0.05) is 16.8 Å². The van der Waals surface area contributed by atoms with Crippen molar-refractivity contribution in [1.82, 2.24) is 0 Å². The number of nitrogens with zero attached hydrogens (tertiary/aromatic N) is 1. The lowest BCUT2D eigenvalue weighted by Crippen LogP contribution is -2.23. The van der Waals surface area contributed by atoms with Crippen LogP contribution in [-0.2, 0) is 9.53 Å². The van der Waals surface area contributed by atoms with Crippen LogP contribution in [0.3, 0.4) is 0 Å². The molecular formula is C20H14F2N2O2. The molecule has 1 saturated heterocycles. The molecule has 4 rings (SSSR count). The van der Waals surface area contributed by atoms with E-state index in [2.05, 4.69) is 5.32 Å². The molecule has 130 valence electrons. The molecule has 0 aromatic heterocycles. The fraction of sp³-hybridized carbons (Fsp3) is 0.200. The first-order valence-electron chi connectivity index (χ1n) is 8.24. The van der Waals surface area contributed by atoms with Crippen molar-refractivity contribution in [2.75, 3.05) is 5.32 Å². The Labute approximate surface area is 148 Å². The van der Waals surface area contributed by atoms with Crippen LogP contribution in [-0.4, -0.2) is 18.1 Å². The first-order chi connectivity index (χ1) is 12.6. The van der Waals surface area contributed by atoms with Gasteiger partial charge >= 0.3 is 0 Å². The summed E-state index contributed by atoms with van der Waals surface area (Å²) in [5, 5.41) is 11.8. The second-order valence-corrected chi connectivity index (χ2v) is 6.26. The van der Waals surface area contributed by atoms with E-state index >= 15 is 0 Å². The van der Waals surface area contributed by atoms with Crippen molar-refractivity contribution in [2.45, 2.75) is 25.0 Å². The second-order valence-electron chi connectivity index (χ2n) is 6.26. The molecule has 0 radical (unpaired) electrons. The normalized spacial score (nSPS) is 21.0. The maximum atomic E-state index is 14.4. The van der Waals surface area contributed by atoms with Crippen LogP contribution in [0.15, 0.2) is 53.6 Å². The molecule has 2 aromatic rings. The lowest BCUT2D eigenvalue weighted by atomic mass is 9.92. The average Bonchev–Trinajstić information content (AvgIpc) is 3.23. The number of anilines is 1. The van der Waals surface area contributed by atoms with Crippen LogP contribution in [0.4, 0.5) is 14.5 Å². The highest BCUT2D eigenvalue weighted by molar-refractivity contribution is 6.06. The number of ether oxygens (including phenoxy) is 1. The molecule has 1 N–H and O–H groups in total. The predicted octanol–water partition coefficient (Wildman–Crippen LogP) is 3.95. The molecule has 2 heterocycles. The van der Waals surface area contributed by atoms with E-state index < -0.39 is 17.5 Å². The molecule has 0 saturated carbocycles. The highest BCUT2D eigenvalue weighted by Gasteiger charge is 2.43. The number of carbonyl (C=O) groups excluding carboxylic acids is 1. The zero-order valence-corrected chi connectivity index (χ0v) is 13.6. The van der Waals surface area contributed by atoms with Gasteiger partial charge in [0.25, 0.3) is 5.91 Å². The predicted molar refractivity (Wildman–Crippen MR) is 91.0 cm³/mol. The molecule has 2 aromatic carbocycles. The Balaban J connectivity index is 1.60. The summed E-state index contributed by atoms with van der Waals surface area (Å²) in [5.74, 6) is -1.63. The molecule has 0 unspecified atom stereocenters. The molecule has 2 aliphatic rings. The van der Waals surface area contributed by atoms with Crippen LogP contribution in [0.1, 0.15) is 12.8 Å². The van der Waals surface area contributed by atoms with E-state index in [1.807, 2.05) is 6.07 Å². The first-order valence-corrected chi connectivity index (χ1v) is 8.24. The molecule has 2 atom stereocenters. The summed E-state index contributed by atoms with van der Waals surface area (Å²) in [7, 11) is 0. The van der Waals surface area contributed by atoms with E-state index in [-0.39, 0.29) is 29.0 Å². The number of hydrogen-bond donors (Lipinski definition) is 1. The lowest BCUT2D eigenvalue weighted by molar-refractivity contribution is -0.113. The van der Waals surface area contributed by atoms with E-state index in [0.717, 1.165) is 12.5 Å². The van der Waals surface area contributed by atoms with Crippen LogP contribution in [0, 0.1) is 23.0 Å². The van der Waals surface area contributed by atoms with Crippen molar-refractivity contribution in [3.8, 4) is 17.2 Å². The summed E-state index contributed by atoms with van der Waals surface area (Å²) in [5.41, 5.74) is 1.17. The van der Waals surface area contributed by atoms with Gasteiger partial charge in [0.2, 0.25) is 0 Å². The van der Waals surface area contributed by atoms with Crippen LogP contribution in [0.2, 0.25) is 0 Å². The minimum absolute atomic E-state index is 0.112. The molecule has 2 bridgehead atoms. The van der Waals surface area contributed by atoms with Gasteiger partial charge < -0.3 is 10.1 Å². The van der Waals surface area contributed by atoms with Gasteiger partial charge in [-0.25, -0.2) is 8.78 Å². The number of hydrogen-bond acceptors (Lipinski definition) is 3. The fourth-order valence-corrected chi connectivity index (χ4v) is 3.50. The Morgan fingerprint density at radius 3 is 2.54 bits per heavy atom. The maximum Gasteiger partial charge on any atom is 0.255 e. The smallest absolute Gasteiger partial charge is 0.255 e. The summed E-state index contributed by atoms with van der Waals surface area (Å²) in [4.78, 5) is 12.5. The van der Waals surface area contributed by atoms with Crippen LogP contribution in [0.25, 0.3) is 11.1 Å². The van der Waals surface area contributed by atoms with Crippen molar-refractivity contribution in [1.29, 1.82) is 5.26 Å². The zero-order valence-electron chi connectivity index (χ0n) is 13.6.